The van der Waals surface area contributed by atoms with Gasteiger partial charge in [0, 0.05) is 24.8 Å². The van der Waals surface area contributed by atoms with Crippen LogP contribution in [0.25, 0.3) is 0 Å². The monoisotopic (exact) mass is 283 g/mol. The number of hydrogen-bond acceptors (Lipinski definition) is 2. The van der Waals surface area contributed by atoms with E-state index in [1.54, 1.807) is 12.3 Å². The Morgan fingerprint density at radius 3 is 3.00 bits per heavy atom. The third-order valence-corrected chi connectivity index (χ3v) is 3.73. The van der Waals surface area contributed by atoms with Crippen LogP contribution in [0.15, 0.2) is 12.3 Å². The molecule has 1 aromatic rings. The van der Waals surface area contributed by atoms with Crippen LogP contribution < -0.4 is 10.6 Å². The van der Waals surface area contributed by atoms with E-state index >= 15 is 0 Å². The Hall–Kier alpha value is -1.00. The van der Waals surface area contributed by atoms with Crippen LogP contribution in [-0.4, -0.2) is 29.6 Å². The number of carbonyl (C=O) groups excluding carboxylic acids is 1. The molecule has 1 aliphatic heterocycles. The lowest BCUT2D eigenvalue weighted by molar-refractivity contribution is 0.0937. The Balaban J connectivity index is 1.95. The van der Waals surface area contributed by atoms with Crippen LogP contribution in [0, 0.1) is 0 Å². The summed E-state index contributed by atoms with van der Waals surface area (Å²) in [6.07, 6.45) is 5.41. The number of hydrogen-bond donors (Lipinski definition) is 2. The fraction of sp³-hybridized carbons (Fsp3) is 0.643. The van der Waals surface area contributed by atoms with Gasteiger partial charge < -0.3 is 15.2 Å². The summed E-state index contributed by atoms with van der Waals surface area (Å²) in [5.41, 5.74) is 0.635. The quantitative estimate of drug-likeness (QED) is 0.892. The molecule has 0 radical (unpaired) electrons. The van der Waals surface area contributed by atoms with Gasteiger partial charge >= 0.3 is 0 Å². The minimum Gasteiger partial charge on any atom is -0.349 e. The molecule has 1 saturated heterocycles. The van der Waals surface area contributed by atoms with Crippen molar-refractivity contribution in [1.29, 1.82) is 0 Å². The first kappa shape index (κ1) is 14.4. The Labute approximate surface area is 119 Å². The molecule has 1 unspecified atom stereocenters. The number of halogens is 1. The first-order chi connectivity index (χ1) is 9.08. The topological polar surface area (TPSA) is 46.1 Å². The fourth-order valence-corrected chi connectivity index (χ4v) is 2.67. The fourth-order valence-electron chi connectivity index (χ4n) is 2.46. The molecule has 1 fully saturated rings. The van der Waals surface area contributed by atoms with Crippen LogP contribution in [0.2, 0.25) is 5.02 Å². The van der Waals surface area contributed by atoms with Gasteiger partial charge in [0.2, 0.25) is 0 Å². The zero-order chi connectivity index (χ0) is 13.8. The van der Waals surface area contributed by atoms with Gasteiger partial charge in [-0.3, -0.25) is 4.79 Å². The second-order valence-corrected chi connectivity index (χ2v) is 5.84. The molecule has 2 rings (SSSR count). The molecule has 1 amide bonds. The molecule has 0 bridgehead atoms. The van der Waals surface area contributed by atoms with Crippen molar-refractivity contribution in [2.24, 2.45) is 0 Å². The van der Waals surface area contributed by atoms with Gasteiger partial charge in [-0.2, -0.15) is 0 Å². The van der Waals surface area contributed by atoms with Gasteiger partial charge in [0.15, 0.2) is 0 Å². The van der Waals surface area contributed by atoms with E-state index in [4.69, 9.17) is 11.6 Å². The molecule has 2 heterocycles. The summed E-state index contributed by atoms with van der Waals surface area (Å²) in [6, 6.07) is 2.35. The predicted octanol–water partition coefficient (Wildman–Crippen LogP) is 2.59. The van der Waals surface area contributed by atoms with E-state index in [-0.39, 0.29) is 11.9 Å². The third kappa shape index (κ3) is 3.74. The highest BCUT2D eigenvalue weighted by Gasteiger charge is 2.17. The van der Waals surface area contributed by atoms with Gasteiger partial charge in [-0.1, -0.05) is 18.0 Å². The smallest absolute Gasteiger partial charge is 0.268 e. The van der Waals surface area contributed by atoms with Crippen LogP contribution in [-0.2, 0) is 0 Å². The highest BCUT2D eigenvalue weighted by atomic mass is 35.5. The molecule has 0 aliphatic carbocycles. The Morgan fingerprint density at radius 2 is 2.37 bits per heavy atom. The van der Waals surface area contributed by atoms with Crippen molar-refractivity contribution in [3.63, 3.8) is 0 Å². The lowest BCUT2D eigenvalue weighted by Gasteiger charge is -2.23. The van der Waals surface area contributed by atoms with Gasteiger partial charge in [0.25, 0.3) is 5.91 Å². The minimum absolute atomic E-state index is 0.0482. The summed E-state index contributed by atoms with van der Waals surface area (Å²) >= 11 is 5.99. The lowest BCUT2D eigenvalue weighted by atomic mass is 10.1. The summed E-state index contributed by atoms with van der Waals surface area (Å²) in [5, 5.41) is 7.02. The van der Waals surface area contributed by atoms with Crippen molar-refractivity contribution in [3.05, 3.63) is 23.0 Å². The van der Waals surface area contributed by atoms with Gasteiger partial charge in [-0.15, -0.1) is 0 Å². The second-order valence-electron chi connectivity index (χ2n) is 5.40. The third-order valence-electron chi connectivity index (χ3n) is 3.53. The number of piperidine rings is 1. The highest BCUT2D eigenvalue weighted by Crippen LogP contribution is 2.18. The lowest BCUT2D eigenvalue weighted by Crippen LogP contribution is -2.43. The summed E-state index contributed by atoms with van der Waals surface area (Å²) in [4.78, 5) is 12.2. The van der Waals surface area contributed by atoms with E-state index in [0.717, 1.165) is 13.0 Å². The van der Waals surface area contributed by atoms with Crippen molar-refractivity contribution >= 4 is 17.5 Å². The van der Waals surface area contributed by atoms with Crippen LogP contribution in [0.4, 0.5) is 0 Å². The van der Waals surface area contributed by atoms with E-state index in [2.05, 4.69) is 10.6 Å². The molecule has 5 heteroatoms. The van der Waals surface area contributed by atoms with Gasteiger partial charge in [0.1, 0.15) is 5.69 Å². The highest BCUT2D eigenvalue weighted by molar-refractivity contribution is 6.31. The molecule has 19 heavy (non-hydrogen) atoms. The predicted molar refractivity (Wildman–Crippen MR) is 77.8 cm³/mol. The van der Waals surface area contributed by atoms with Crippen molar-refractivity contribution in [2.45, 2.75) is 45.2 Å². The zero-order valence-corrected chi connectivity index (χ0v) is 12.3. The maximum absolute atomic E-state index is 12.2. The number of nitrogens with one attached hydrogen (secondary N) is 2. The van der Waals surface area contributed by atoms with Crippen molar-refractivity contribution in [2.75, 3.05) is 13.1 Å². The number of amides is 1. The maximum Gasteiger partial charge on any atom is 0.268 e. The molecule has 1 aromatic heterocycles. The molecule has 1 aliphatic rings. The molecule has 0 spiro atoms. The molecule has 0 aromatic carbocycles. The zero-order valence-electron chi connectivity index (χ0n) is 11.6. The second kappa shape index (κ2) is 6.44. The average molecular weight is 284 g/mol. The van der Waals surface area contributed by atoms with Gasteiger partial charge in [0.05, 0.1) is 5.02 Å². The van der Waals surface area contributed by atoms with Crippen molar-refractivity contribution < 1.29 is 4.79 Å². The number of rotatable bonds is 4. The average Bonchev–Trinajstić information content (AvgIpc) is 2.79. The first-order valence-corrected chi connectivity index (χ1v) is 7.34. The van der Waals surface area contributed by atoms with Crippen LogP contribution >= 0.6 is 11.6 Å². The summed E-state index contributed by atoms with van der Waals surface area (Å²) in [7, 11) is 0. The summed E-state index contributed by atoms with van der Waals surface area (Å²) < 4.78 is 1.91. The largest absolute Gasteiger partial charge is 0.349 e. The van der Waals surface area contributed by atoms with Crippen LogP contribution in [0.5, 0.6) is 0 Å². The van der Waals surface area contributed by atoms with Gasteiger partial charge in [-0.05, 0) is 39.3 Å². The molecular formula is C14H22ClN3O. The molecule has 2 N–H and O–H groups in total. The summed E-state index contributed by atoms with van der Waals surface area (Å²) in [5.74, 6) is -0.0482. The van der Waals surface area contributed by atoms with Crippen LogP contribution in [0.3, 0.4) is 0 Å². The van der Waals surface area contributed by atoms with Gasteiger partial charge in [-0.25, -0.2) is 0 Å². The van der Waals surface area contributed by atoms with E-state index in [0.29, 0.717) is 23.3 Å². The summed E-state index contributed by atoms with van der Waals surface area (Å²) in [6.45, 7) is 5.81. The molecular weight excluding hydrogens is 262 g/mol. The van der Waals surface area contributed by atoms with Crippen molar-refractivity contribution in [1.82, 2.24) is 15.2 Å². The number of carbonyl (C=O) groups is 1. The normalized spacial score (nSPS) is 19.7. The van der Waals surface area contributed by atoms with E-state index in [1.807, 2.05) is 18.4 Å². The standard InChI is InChI=1S/C14H22ClN3O/c1-10(2)18-9-11(15)7-13(18)14(19)17-8-12-5-3-4-6-16-12/h7,9-10,12,16H,3-6,8H2,1-2H3,(H,17,19). The van der Waals surface area contributed by atoms with Crippen molar-refractivity contribution in [3.8, 4) is 0 Å². The number of nitrogens with zero attached hydrogens (tertiary/aromatic N) is 1. The molecule has 106 valence electrons. The minimum atomic E-state index is -0.0482. The number of aromatic nitrogens is 1. The van der Waals surface area contributed by atoms with E-state index in [1.165, 1.54) is 12.8 Å². The Kier molecular flexibility index (Phi) is 4.88. The van der Waals surface area contributed by atoms with E-state index in [9.17, 15) is 4.79 Å². The SMILES string of the molecule is CC(C)n1cc(Cl)cc1C(=O)NCC1CCCCN1. The van der Waals surface area contributed by atoms with E-state index < -0.39 is 0 Å². The molecule has 1 atom stereocenters. The Morgan fingerprint density at radius 1 is 1.58 bits per heavy atom. The Bertz CT molecular complexity index is 436. The molecule has 4 nitrogen and oxygen atoms in total. The first-order valence-electron chi connectivity index (χ1n) is 6.97. The molecule has 0 saturated carbocycles. The maximum atomic E-state index is 12.2. The van der Waals surface area contributed by atoms with Crippen LogP contribution in [0.1, 0.15) is 49.6 Å².